The second-order valence-corrected chi connectivity index (χ2v) is 9.52. The fourth-order valence-corrected chi connectivity index (χ4v) is 5.90. The van der Waals surface area contributed by atoms with Crippen molar-refractivity contribution in [2.24, 2.45) is 0 Å². The number of benzene rings is 1. The molecule has 0 spiro atoms. The first-order valence-electron chi connectivity index (χ1n) is 8.49. The average molecular weight is 390 g/mol. The lowest BCUT2D eigenvalue weighted by atomic mass is 10.00. The summed E-state index contributed by atoms with van der Waals surface area (Å²) in [6.07, 6.45) is 1.61. The van der Waals surface area contributed by atoms with Crippen LogP contribution in [0, 0.1) is 6.92 Å². The van der Waals surface area contributed by atoms with Crippen molar-refractivity contribution in [1.29, 1.82) is 0 Å². The van der Waals surface area contributed by atoms with Crippen LogP contribution in [-0.2, 0) is 10.0 Å². The minimum absolute atomic E-state index is 0.0799. The Hall–Kier alpha value is -2.03. The highest BCUT2D eigenvalue weighted by Crippen LogP contribution is 2.32. The molecule has 0 amide bonds. The summed E-state index contributed by atoms with van der Waals surface area (Å²) < 4.78 is 32.9. The van der Waals surface area contributed by atoms with Gasteiger partial charge < -0.3 is 4.52 Å². The van der Waals surface area contributed by atoms with Gasteiger partial charge in [-0.25, -0.2) is 8.42 Å². The molecule has 3 heterocycles. The number of piperidine rings is 1. The predicted molar refractivity (Wildman–Crippen MR) is 99.5 cm³/mol. The zero-order valence-electron chi connectivity index (χ0n) is 14.3. The third-order valence-electron chi connectivity index (χ3n) is 4.65. The maximum absolute atomic E-state index is 12.8. The fraction of sp³-hybridized carbons (Fsp3) is 0.333. The Morgan fingerprint density at radius 1 is 1.23 bits per heavy atom. The quantitative estimate of drug-likeness (QED) is 0.680. The molecule has 6 nitrogen and oxygen atoms in total. The van der Waals surface area contributed by atoms with Crippen LogP contribution in [-0.4, -0.2) is 36.0 Å². The fourth-order valence-electron chi connectivity index (χ4n) is 3.23. The maximum atomic E-state index is 12.8. The number of thiophene rings is 1. The third-order valence-corrected chi connectivity index (χ3v) is 7.89. The topological polar surface area (TPSA) is 76.3 Å². The Labute approximate surface area is 156 Å². The molecule has 0 unspecified atom stereocenters. The minimum atomic E-state index is -3.45. The Balaban J connectivity index is 1.57. The van der Waals surface area contributed by atoms with Crippen LogP contribution in [0.4, 0.5) is 0 Å². The molecule has 2 aromatic heterocycles. The molecule has 0 bridgehead atoms. The molecule has 26 heavy (non-hydrogen) atoms. The van der Waals surface area contributed by atoms with Crippen LogP contribution in [0.25, 0.3) is 11.4 Å². The SMILES string of the molecule is Cc1ccccc1-c1noc([C@@H]2CCCN(S(=O)(=O)c3cccs3)C2)n1. The van der Waals surface area contributed by atoms with Crippen LogP contribution in [0.15, 0.2) is 50.5 Å². The van der Waals surface area contributed by atoms with E-state index in [2.05, 4.69) is 10.1 Å². The summed E-state index contributed by atoms with van der Waals surface area (Å²) in [5.41, 5.74) is 2.01. The Morgan fingerprint density at radius 3 is 2.85 bits per heavy atom. The van der Waals surface area contributed by atoms with E-state index in [4.69, 9.17) is 4.52 Å². The van der Waals surface area contributed by atoms with Gasteiger partial charge >= 0.3 is 0 Å². The summed E-state index contributed by atoms with van der Waals surface area (Å²) in [4.78, 5) is 4.55. The number of hydrogen-bond donors (Lipinski definition) is 0. The summed E-state index contributed by atoms with van der Waals surface area (Å²) in [5.74, 6) is 0.981. The van der Waals surface area contributed by atoms with E-state index in [0.717, 1.165) is 24.0 Å². The van der Waals surface area contributed by atoms with Gasteiger partial charge in [0.2, 0.25) is 11.7 Å². The summed E-state index contributed by atoms with van der Waals surface area (Å²) in [6.45, 7) is 2.90. The summed E-state index contributed by atoms with van der Waals surface area (Å²) in [5, 5.41) is 5.89. The zero-order valence-corrected chi connectivity index (χ0v) is 16.0. The van der Waals surface area contributed by atoms with Crippen molar-refractivity contribution in [2.45, 2.75) is 29.9 Å². The first kappa shape index (κ1) is 17.4. The van der Waals surface area contributed by atoms with Crippen molar-refractivity contribution >= 4 is 21.4 Å². The van der Waals surface area contributed by atoms with E-state index in [-0.39, 0.29) is 5.92 Å². The highest BCUT2D eigenvalue weighted by molar-refractivity contribution is 7.91. The number of rotatable bonds is 4. The molecule has 1 aliphatic heterocycles. The molecule has 1 atom stereocenters. The van der Waals surface area contributed by atoms with Crippen LogP contribution in [0.5, 0.6) is 0 Å². The molecule has 1 saturated heterocycles. The highest BCUT2D eigenvalue weighted by Gasteiger charge is 2.33. The van der Waals surface area contributed by atoms with Crippen molar-refractivity contribution in [1.82, 2.24) is 14.4 Å². The highest BCUT2D eigenvalue weighted by atomic mass is 32.2. The van der Waals surface area contributed by atoms with Crippen molar-refractivity contribution in [2.75, 3.05) is 13.1 Å². The van der Waals surface area contributed by atoms with Crippen molar-refractivity contribution < 1.29 is 12.9 Å². The largest absolute Gasteiger partial charge is 0.339 e. The predicted octanol–water partition coefficient (Wildman–Crippen LogP) is 3.67. The Morgan fingerprint density at radius 2 is 2.08 bits per heavy atom. The maximum Gasteiger partial charge on any atom is 0.252 e. The van der Waals surface area contributed by atoms with Crippen LogP contribution < -0.4 is 0 Å². The summed E-state index contributed by atoms with van der Waals surface area (Å²) in [7, 11) is -3.45. The second-order valence-electron chi connectivity index (χ2n) is 6.41. The summed E-state index contributed by atoms with van der Waals surface area (Å²) in [6, 6.07) is 11.3. The van der Waals surface area contributed by atoms with Crippen molar-refractivity contribution in [3.63, 3.8) is 0 Å². The van der Waals surface area contributed by atoms with Crippen LogP contribution in [0.1, 0.15) is 30.2 Å². The first-order chi connectivity index (χ1) is 12.6. The number of aromatic nitrogens is 2. The monoisotopic (exact) mass is 389 g/mol. The molecule has 0 saturated carbocycles. The van der Waals surface area contributed by atoms with E-state index in [1.54, 1.807) is 17.5 Å². The molecular formula is C18H19N3O3S2. The van der Waals surface area contributed by atoms with Crippen molar-refractivity contribution in [3.05, 3.63) is 53.2 Å². The van der Waals surface area contributed by atoms with Gasteiger partial charge in [0, 0.05) is 18.7 Å². The first-order valence-corrected chi connectivity index (χ1v) is 10.8. The Kier molecular flexibility index (Phi) is 4.64. The molecule has 0 radical (unpaired) electrons. The molecule has 3 aromatic rings. The molecule has 1 fully saturated rings. The van der Waals surface area contributed by atoms with Gasteiger partial charge in [-0.2, -0.15) is 9.29 Å². The van der Waals surface area contributed by atoms with Crippen LogP contribution >= 0.6 is 11.3 Å². The van der Waals surface area contributed by atoms with Gasteiger partial charge in [0.05, 0.1) is 5.92 Å². The smallest absolute Gasteiger partial charge is 0.252 e. The van der Waals surface area contributed by atoms with Gasteiger partial charge in [0.25, 0.3) is 10.0 Å². The molecule has 0 aliphatic carbocycles. The summed E-state index contributed by atoms with van der Waals surface area (Å²) >= 11 is 1.24. The lowest BCUT2D eigenvalue weighted by Crippen LogP contribution is -2.38. The number of hydrogen-bond acceptors (Lipinski definition) is 6. The molecule has 8 heteroatoms. The van der Waals surface area contributed by atoms with E-state index in [9.17, 15) is 8.42 Å². The van der Waals surface area contributed by atoms with E-state index in [0.29, 0.717) is 29.0 Å². The number of sulfonamides is 1. The Bertz CT molecular complexity index is 996. The number of nitrogens with zero attached hydrogens (tertiary/aromatic N) is 3. The average Bonchev–Trinajstić information content (AvgIpc) is 3.35. The normalized spacial score (nSPS) is 18.9. The zero-order chi connectivity index (χ0) is 18.1. The molecule has 136 valence electrons. The third kappa shape index (κ3) is 3.20. The molecule has 0 N–H and O–H groups in total. The van der Waals surface area contributed by atoms with Gasteiger partial charge in [-0.3, -0.25) is 0 Å². The molecule has 1 aromatic carbocycles. The second kappa shape index (κ2) is 6.94. The molecule has 4 rings (SSSR count). The van der Waals surface area contributed by atoms with Gasteiger partial charge in [0.15, 0.2) is 0 Å². The van der Waals surface area contributed by atoms with E-state index < -0.39 is 10.0 Å². The number of aryl methyl sites for hydroxylation is 1. The van der Waals surface area contributed by atoms with Gasteiger partial charge in [0.1, 0.15) is 4.21 Å². The van der Waals surface area contributed by atoms with Gasteiger partial charge in [-0.15, -0.1) is 11.3 Å². The van der Waals surface area contributed by atoms with Crippen LogP contribution in [0.3, 0.4) is 0 Å². The lowest BCUT2D eigenvalue weighted by molar-refractivity contribution is 0.266. The van der Waals surface area contributed by atoms with Crippen molar-refractivity contribution in [3.8, 4) is 11.4 Å². The van der Waals surface area contributed by atoms with Crippen LogP contribution in [0.2, 0.25) is 0 Å². The lowest BCUT2D eigenvalue weighted by Gasteiger charge is -2.29. The molecular weight excluding hydrogens is 370 g/mol. The standard InChI is InChI=1S/C18H19N3O3S2/c1-13-6-2-3-8-15(13)17-19-18(24-20-17)14-7-4-10-21(12-14)26(22,23)16-9-5-11-25-16/h2-3,5-6,8-9,11,14H,4,7,10,12H2,1H3/t14-/m1/s1. The van der Waals surface area contributed by atoms with E-state index >= 15 is 0 Å². The molecule has 1 aliphatic rings. The van der Waals surface area contributed by atoms with Gasteiger partial charge in [-0.1, -0.05) is 35.5 Å². The van der Waals surface area contributed by atoms with E-state index in [1.165, 1.54) is 15.6 Å². The van der Waals surface area contributed by atoms with Gasteiger partial charge in [-0.05, 0) is 36.8 Å². The van der Waals surface area contributed by atoms with E-state index in [1.807, 2.05) is 31.2 Å². The minimum Gasteiger partial charge on any atom is -0.339 e.